The molecule has 5 N–H and O–H groups in total. The lowest BCUT2D eigenvalue weighted by Crippen LogP contribution is -2.40. The molecule has 10 nitrogen and oxygen atoms in total. The molecule has 0 radical (unpaired) electrons. The summed E-state index contributed by atoms with van der Waals surface area (Å²) in [5.41, 5.74) is 8.14. The van der Waals surface area contributed by atoms with Gasteiger partial charge in [0, 0.05) is 35.3 Å². The van der Waals surface area contributed by atoms with E-state index in [1.165, 1.54) is 30.3 Å². The van der Waals surface area contributed by atoms with Crippen molar-refractivity contribution in [1.29, 1.82) is 0 Å². The first-order chi connectivity index (χ1) is 19.3. The number of nitrogens with two attached hydrogens (primary N) is 1. The number of benzene rings is 2. The molecule has 41 heavy (non-hydrogen) atoms. The van der Waals surface area contributed by atoms with E-state index in [9.17, 15) is 37.5 Å². The van der Waals surface area contributed by atoms with E-state index in [4.69, 9.17) is 10.8 Å². The van der Waals surface area contributed by atoms with E-state index in [0.29, 0.717) is 38.2 Å². The average molecular weight is 571 g/mol. The van der Waals surface area contributed by atoms with E-state index in [-0.39, 0.29) is 43.0 Å². The van der Waals surface area contributed by atoms with Crippen molar-refractivity contribution in [2.75, 3.05) is 4.90 Å². The zero-order chi connectivity index (χ0) is 29.9. The van der Waals surface area contributed by atoms with Crippen molar-refractivity contribution in [3.05, 3.63) is 76.6 Å². The number of pyridine rings is 1. The van der Waals surface area contributed by atoms with Gasteiger partial charge in [0.15, 0.2) is 5.78 Å². The van der Waals surface area contributed by atoms with Crippen LogP contribution in [0.15, 0.2) is 54.2 Å². The number of allylic oxidation sites excluding steroid dienone is 1. The molecule has 1 amide bonds. The Kier molecular flexibility index (Phi) is 8.38. The van der Waals surface area contributed by atoms with Crippen molar-refractivity contribution >= 4 is 46.3 Å². The van der Waals surface area contributed by atoms with Crippen molar-refractivity contribution in [1.82, 2.24) is 10.3 Å². The summed E-state index contributed by atoms with van der Waals surface area (Å²) in [6, 6.07) is 10.8. The third kappa shape index (κ3) is 7.06. The third-order valence-corrected chi connectivity index (χ3v) is 6.46. The number of carboxylic acids is 2. The lowest BCUT2D eigenvalue weighted by Gasteiger charge is -2.24. The van der Waals surface area contributed by atoms with Crippen LogP contribution in [0.3, 0.4) is 0 Å². The molecule has 1 heterocycles. The molecule has 1 aromatic heterocycles. The van der Waals surface area contributed by atoms with Crippen LogP contribution in [-0.2, 0) is 27.5 Å². The number of ketones is 1. The van der Waals surface area contributed by atoms with Gasteiger partial charge in [-0.05, 0) is 47.9 Å². The zero-order valence-corrected chi connectivity index (χ0v) is 21.4. The van der Waals surface area contributed by atoms with Crippen LogP contribution < -0.4 is 16.0 Å². The quantitative estimate of drug-likeness (QED) is 0.285. The highest BCUT2D eigenvalue weighted by molar-refractivity contribution is 6.04. The highest BCUT2D eigenvalue weighted by Crippen LogP contribution is 2.29. The van der Waals surface area contributed by atoms with Crippen molar-refractivity contribution in [2.45, 2.75) is 44.6 Å². The van der Waals surface area contributed by atoms with Crippen molar-refractivity contribution in [3.8, 4) is 0 Å². The van der Waals surface area contributed by atoms with E-state index in [0.717, 1.165) is 0 Å². The molecule has 1 unspecified atom stereocenters. The van der Waals surface area contributed by atoms with Crippen LogP contribution in [0.2, 0.25) is 0 Å². The Morgan fingerprint density at radius 1 is 1.05 bits per heavy atom. The Balaban J connectivity index is 1.57. The van der Waals surface area contributed by atoms with Crippen LogP contribution >= 0.6 is 0 Å². The van der Waals surface area contributed by atoms with Gasteiger partial charge in [-0.2, -0.15) is 13.2 Å². The van der Waals surface area contributed by atoms with Crippen molar-refractivity contribution in [2.24, 2.45) is 5.73 Å². The number of rotatable bonds is 10. The number of Topliss-reactive ketones (excluding diaryl/α,β-unsaturated/α-hetero) is 1. The smallest absolute Gasteiger partial charge is 0.471 e. The molecule has 1 aliphatic rings. The van der Waals surface area contributed by atoms with Gasteiger partial charge in [-0.15, -0.1) is 0 Å². The number of amides is 1. The fraction of sp³-hybridized carbons (Fsp3) is 0.250. The molecular formula is C28H25F3N4O6. The minimum atomic E-state index is -5.16. The zero-order valence-electron chi connectivity index (χ0n) is 21.4. The first kappa shape index (κ1) is 29.2. The minimum Gasteiger partial charge on any atom is -0.481 e. The molecule has 2 aromatic carbocycles. The molecule has 13 heteroatoms. The number of fused-ring (bicyclic) bond motifs is 2. The van der Waals surface area contributed by atoms with Gasteiger partial charge in [0.2, 0.25) is 0 Å². The number of aliphatic carboxylic acids is 2. The van der Waals surface area contributed by atoms with Crippen LogP contribution in [0.5, 0.6) is 0 Å². The number of carbonyl (C=O) groups excluding carboxylic acids is 2. The predicted octanol–water partition coefficient (Wildman–Crippen LogP) is 3.62. The Morgan fingerprint density at radius 2 is 1.73 bits per heavy atom. The highest BCUT2D eigenvalue weighted by Gasteiger charge is 2.43. The number of hydrogen-bond acceptors (Lipinski definition) is 7. The molecule has 1 aliphatic carbocycles. The number of aromatic nitrogens is 1. The van der Waals surface area contributed by atoms with E-state index in [1.807, 2.05) is 0 Å². The van der Waals surface area contributed by atoms with Crippen molar-refractivity contribution in [3.63, 3.8) is 0 Å². The molecule has 214 valence electrons. The van der Waals surface area contributed by atoms with Gasteiger partial charge in [0.25, 0.3) is 0 Å². The Morgan fingerprint density at radius 3 is 2.37 bits per heavy atom. The highest BCUT2D eigenvalue weighted by atomic mass is 19.4. The van der Waals surface area contributed by atoms with Crippen LogP contribution in [0, 0.1) is 0 Å². The number of carbonyl (C=O) groups is 4. The molecule has 0 spiro atoms. The summed E-state index contributed by atoms with van der Waals surface area (Å²) in [7, 11) is 0. The molecule has 0 bridgehead atoms. The van der Waals surface area contributed by atoms with Crippen LogP contribution in [-0.4, -0.2) is 51.0 Å². The topological polar surface area (TPSA) is 163 Å². The molecule has 0 aliphatic heterocycles. The second-order valence-corrected chi connectivity index (χ2v) is 9.53. The molecule has 4 rings (SSSR count). The summed E-state index contributed by atoms with van der Waals surface area (Å²) in [5, 5.41) is 21.4. The Bertz CT molecular complexity index is 1550. The maximum absolute atomic E-state index is 13.5. The number of hydrogen-bond donors (Lipinski definition) is 4. The normalized spacial score (nSPS) is 13.8. The number of nitrogens with zero attached hydrogens (tertiary/aromatic N) is 2. The van der Waals surface area contributed by atoms with Gasteiger partial charge in [-0.1, -0.05) is 24.3 Å². The van der Waals surface area contributed by atoms with Crippen LogP contribution in [0.25, 0.3) is 17.0 Å². The van der Waals surface area contributed by atoms with Gasteiger partial charge in [0.1, 0.15) is 11.7 Å². The van der Waals surface area contributed by atoms with E-state index in [2.05, 4.69) is 10.3 Å². The van der Waals surface area contributed by atoms with Gasteiger partial charge in [0.05, 0.1) is 18.5 Å². The average Bonchev–Trinajstić information content (AvgIpc) is 2.90. The summed E-state index contributed by atoms with van der Waals surface area (Å²) in [6.45, 7) is -0.438. The third-order valence-electron chi connectivity index (χ3n) is 6.46. The first-order valence-corrected chi connectivity index (χ1v) is 12.4. The van der Waals surface area contributed by atoms with Gasteiger partial charge < -0.3 is 26.2 Å². The maximum Gasteiger partial charge on any atom is 0.471 e. The lowest BCUT2D eigenvalue weighted by molar-refractivity contribution is -0.170. The standard InChI is InChI=1S/C28H25F3N4O6/c29-28(30,31)27(41)35(20-5-2-15(3-6-20)13-33-21(26(39)40)7-8-24(37)38)14-16-1-4-17-10-18-11-19(32)12-23(36)25(18)34-22(17)9-16/h1-6,9-11,21,33H,7-8,12-14,32H2,(H,37,38)(H,39,40). The van der Waals surface area contributed by atoms with Crippen LogP contribution in [0.4, 0.5) is 18.9 Å². The first-order valence-electron chi connectivity index (χ1n) is 12.4. The van der Waals surface area contributed by atoms with Gasteiger partial charge in [-0.25, -0.2) is 4.98 Å². The second-order valence-electron chi connectivity index (χ2n) is 9.53. The molecule has 0 saturated carbocycles. The number of alkyl halides is 3. The summed E-state index contributed by atoms with van der Waals surface area (Å²) >= 11 is 0. The minimum absolute atomic E-state index is 0.00427. The SMILES string of the molecule is NC1=Cc2cc3ccc(CN(C(=O)C(F)(F)F)c4ccc(CNC(CCC(=O)O)C(=O)O)cc4)cc3nc2C(=O)C1. The van der Waals surface area contributed by atoms with Gasteiger partial charge in [-0.3, -0.25) is 19.2 Å². The van der Waals surface area contributed by atoms with Crippen LogP contribution in [0.1, 0.15) is 46.4 Å². The lowest BCUT2D eigenvalue weighted by atomic mass is 9.97. The monoisotopic (exact) mass is 570 g/mol. The molecular weight excluding hydrogens is 545 g/mol. The van der Waals surface area contributed by atoms with Gasteiger partial charge >= 0.3 is 24.0 Å². The fourth-order valence-corrected chi connectivity index (χ4v) is 4.41. The fourth-order valence-electron chi connectivity index (χ4n) is 4.41. The number of halogens is 3. The number of anilines is 1. The Labute approximate surface area is 231 Å². The molecule has 0 fully saturated rings. The second kappa shape index (κ2) is 11.8. The number of nitrogens with one attached hydrogen (secondary N) is 1. The molecule has 3 aromatic rings. The maximum atomic E-state index is 13.5. The molecule has 0 saturated heterocycles. The summed E-state index contributed by atoms with van der Waals surface area (Å²) in [6.07, 6.45) is -4.00. The summed E-state index contributed by atoms with van der Waals surface area (Å²) in [4.78, 5) is 51.8. The van der Waals surface area contributed by atoms with E-state index >= 15 is 0 Å². The van der Waals surface area contributed by atoms with E-state index in [1.54, 1.807) is 24.3 Å². The Hall–Kier alpha value is -4.78. The van der Waals surface area contributed by atoms with E-state index < -0.39 is 36.6 Å². The van der Waals surface area contributed by atoms with Crippen molar-refractivity contribution < 1.29 is 42.6 Å². The predicted molar refractivity (Wildman–Crippen MR) is 142 cm³/mol. The summed E-state index contributed by atoms with van der Waals surface area (Å²) < 4.78 is 40.6. The molecule has 1 atom stereocenters. The largest absolute Gasteiger partial charge is 0.481 e. The summed E-state index contributed by atoms with van der Waals surface area (Å²) in [5.74, 6) is -4.74. The number of carboxylic acid groups (broad SMARTS) is 2.